The van der Waals surface area contributed by atoms with Crippen molar-refractivity contribution in [1.29, 1.82) is 0 Å². The molecule has 0 aliphatic heterocycles. The zero-order chi connectivity index (χ0) is 16.9. The van der Waals surface area contributed by atoms with E-state index in [0.717, 1.165) is 29.0 Å². The molecule has 0 radical (unpaired) electrons. The van der Waals surface area contributed by atoms with E-state index in [0.29, 0.717) is 6.42 Å². The first-order valence-electron chi connectivity index (χ1n) is 8.09. The van der Waals surface area contributed by atoms with Gasteiger partial charge in [-0.15, -0.1) is 0 Å². The summed E-state index contributed by atoms with van der Waals surface area (Å²) in [5, 5.41) is 11.4. The lowest BCUT2D eigenvalue weighted by molar-refractivity contribution is 0.00143. The van der Waals surface area contributed by atoms with Gasteiger partial charge in [-0.2, -0.15) is 0 Å². The fourth-order valence-electron chi connectivity index (χ4n) is 3.22. The molecule has 0 heterocycles. The third-order valence-electron chi connectivity index (χ3n) is 4.63. The Morgan fingerprint density at radius 1 is 0.870 bits per heavy atom. The Morgan fingerprint density at radius 3 is 1.74 bits per heavy atom. The van der Waals surface area contributed by atoms with E-state index in [1.165, 1.54) is 0 Å². The third-order valence-corrected chi connectivity index (χ3v) is 4.63. The molecule has 3 nitrogen and oxygen atoms in total. The Labute approximate surface area is 138 Å². The summed E-state index contributed by atoms with van der Waals surface area (Å²) in [5.41, 5.74) is 1.13. The summed E-state index contributed by atoms with van der Waals surface area (Å²) in [7, 11) is 3.30. The zero-order valence-corrected chi connectivity index (χ0v) is 14.4. The van der Waals surface area contributed by atoms with Crippen LogP contribution in [0.3, 0.4) is 0 Å². The van der Waals surface area contributed by atoms with Gasteiger partial charge in [0.1, 0.15) is 11.5 Å². The van der Waals surface area contributed by atoms with Gasteiger partial charge in [0.05, 0.1) is 19.8 Å². The predicted molar refractivity (Wildman–Crippen MR) is 93.2 cm³/mol. The van der Waals surface area contributed by atoms with Crippen molar-refractivity contribution in [2.45, 2.75) is 38.2 Å². The van der Waals surface area contributed by atoms with Gasteiger partial charge in [-0.1, -0.05) is 38.1 Å². The highest BCUT2D eigenvalue weighted by atomic mass is 16.5. The fraction of sp³-hybridized carbons (Fsp3) is 0.400. The quantitative estimate of drug-likeness (QED) is 0.818. The monoisotopic (exact) mass is 314 g/mol. The maximum atomic E-state index is 11.4. The van der Waals surface area contributed by atoms with E-state index in [1.807, 2.05) is 55.5 Å². The summed E-state index contributed by atoms with van der Waals surface area (Å²) in [6, 6.07) is 15.7. The van der Waals surface area contributed by atoms with E-state index in [9.17, 15) is 5.11 Å². The Bertz CT molecular complexity index is 604. The lowest BCUT2D eigenvalue weighted by atomic mass is 9.74. The summed E-state index contributed by atoms with van der Waals surface area (Å²) in [6.07, 6.45) is 1.49. The van der Waals surface area contributed by atoms with E-state index in [2.05, 4.69) is 6.92 Å². The number of rotatable bonds is 7. The molecular formula is C20H26O3. The largest absolute Gasteiger partial charge is 0.497 e. The van der Waals surface area contributed by atoms with Crippen molar-refractivity contribution in [3.8, 4) is 11.5 Å². The first-order valence-corrected chi connectivity index (χ1v) is 8.09. The number of benzene rings is 2. The molecule has 0 saturated heterocycles. The summed E-state index contributed by atoms with van der Waals surface area (Å²) in [4.78, 5) is 0. The number of hydrogen-bond donors (Lipinski definition) is 1. The molecule has 2 aromatic rings. The van der Waals surface area contributed by atoms with Crippen LogP contribution in [-0.4, -0.2) is 19.3 Å². The minimum absolute atomic E-state index is 0.0202. The lowest BCUT2D eigenvalue weighted by Crippen LogP contribution is -2.32. The maximum absolute atomic E-state index is 11.4. The molecule has 1 N–H and O–H groups in total. The molecular weight excluding hydrogens is 288 g/mol. The number of hydrogen-bond acceptors (Lipinski definition) is 3. The van der Waals surface area contributed by atoms with Gasteiger partial charge in [-0.05, 0) is 48.2 Å². The molecule has 0 saturated carbocycles. The second kappa shape index (κ2) is 7.51. The summed E-state index contributed by atoms with van der Waals surface area (Å²) < 4.78 is 10.4. The minimum Gasteiger partial charge on any atom is -0.497 e. The third kappa shape index (κ3) is 3.50. The molecule has 0 aliphatic carbocycles. The van der Waals surface area contributed by atoms with Crippen molar-refractivity contribution >= 4 is 0 Å². The van der Waals surface area contributed by atoms with Crippen LogP contribution in [0.25, 0.3) is 0 Å². The fourth-order valence-corrected chi connectivity index (χ4v) is 3.22. The highest BCUT2D eigenvalue weighted by molar-refractivity contribution is 5.36. The van der Waals surface area contributed by atoms with Gasteiger partial charge in [0, 0.05) is 5.92 Å². The molecule has 0 unspecified atom stereocenters. The first-order chi connectivity index (χ1) is 11.1. The smallest absolute Gasteiger partial charge is 0.118 e. The topological polar surface area (TPSA) is 38.7 Å². The zero-order valence-electron chi connectivity index (χ0n) is 14.4. The number of methoxy groups -OCH3 is 2. The van der Waals surface area contributed by atoms with E-state index in [-0.39, 0.29) is 5.92 Å². The van der Waals surface area contributed by atoms with Crippen LogP contribution < -0.4 is 9.47 Å². The summed E-state index contributed by atoms with van der Waals surface area (Å²) in [6.45, 7) is 4.13. The predicted octanol–water partition coefficient (Wildman–Crippen LogP) is 4.50. The van der Waals surface area contributed by atoms with Gasteiger partial charge < -0.3 is 14.6 Å². The Hall–Kier alpha value is -2.00. The normalized spacial score (nSPS) is 14.8. The molecule has 2 aromatic carbocycles. The van der Waals surface area contributed by atoms with Crippen molar-refractivity contribution < 1.29 is 14.6 Å². The van der Waals surface area contributed by atoms with Crippen molar-refractivity contribution in [3.63, 3.8) is 0 Å². The number of aliphatic hydroxyl groups is 1. The first kappa shape index (κ1) is 17.4. The highest BCUT2D eigenvalue weighted by Gasteiger charge is 2.36. The van der Waals surface area contributed by atoms with Crippen LogP contribution in [0, 0.1) is 0 Å². The molecule has 2 rings (SSSR count). The van der Waals surface area contributed by atoms with E-state index < -0.39 is 5.60 Å². The standard InChI is InChI=1S/C20H26O3/c1-5-19(15-7-11-17(22-3)12-8-15)20(21,6-2)16-9-13-18(23-4)14-10-16/h7-14,19,21H,5-6H2,1-4H3/t19-,20+/m1/s1. The van der Waals surface area contributed by atoms with Crippen LogP contribution in [0.4, 0.5) is 0 Å². The SMILES string of the molecule is CC[C@H](c1ccc(OC)cc1)[C@](O)(CC)c1ccc(OC)cc1. The van der Waals surface area contributed by atoms with E-state index in [1.54, 1.807) is 14.2 Å². The van der Waals surface area contributed by atoms with Gasteiger partial charge in [0.25, 0.3) is 0 Å². The average molecular weight is 314 g/mol. The second-order valence-corrected chi connectivity index (χ2v) is 5.74. The van der Waals surface area contributed by atoms with Crippen molar-refractivity contribution in [1.82, 2.24) is 0 Å². The summed E-state index contributed by atoms with van der Waals surface area (Å²) >= 11 is 0. The number of ether oxygens (including phenoxy) is 2. The molecule has 23 heavy (non-hydrogen) atoms. The maximum Gasteiger partial charge on any atom is 0.118 e. The molecule has 0 aromatic heterocycles. The van der Waals surface area contributed by atoms with Crippen molar-refractivity contribution in [2.24, 2.45) is 0 Å². The van der Waals surface area contributed by atoms with Gasteiger partial charge in [0.15, 0.2) is 0 Å². The Morgan fingerprint density at radius 2 is 1.35 bits per heavy atom. The lowest BCUT2D eigenvalue weighted by Gasteiger charge is -2.36. The van der Waals surface area contributed by atoms with Gasteiger partial charge in [-0.25, -0.2) is 0 Å². The van der Waals surface area contributed by atoms with Crippen LogP contribution in [0.2, 0.25) is 0 Å². The molecule has 0 fully saturated rings. The van der Waals surface area contributed by atoms with E-state index in [4.69, 9.17) is 9.47 Å². The van der Waals surface area contributed by atoms with Crippen LogP contribution in [0.1, 0.15) is 43.7 Å². The van der Waals surface area contributed by atoms with Crippen LogP contribution in [0.5, 0.6) is 11.5 Å². The Kier molecular flexibility index (Phi) is 5.67. The highest BCUT2D eigenvalue weighted by Crippen LogP contribution is 2.42. The van der Waals surface area contributed by atoms with Crippen LogP contribution in [-0.2, 0) is 5.60 Å². The summed E-state index contributed by atoms with van der Waals surface area (Å²) in [5.74, 6) is 1.64. The Balaban J connectivity index is 2.40. The van der Waals surface area contributed by atoms with E-state index >= 15 is 0 Å². The van der Waals surface area contributed by atoms with Gasteiger partial charge in [0.2, 0.25) is 0 Å². The molecule has 0 aliphatic rings. The molecule has 0 spiro atoms. The van der Waals surface area contributed by atoms with Gasteiger partial charge >= 0.3 is 0 Å². The van der Waals surface area contributed by atoms with Gasteiger partial charge in [-0.3, -0.25) is 0 Å². The molecule has 0 amide bonds. The van der Waals surface area contributed by atoms with Crippen LogP contribution >= 0.6 is 0 Å². The molecule has 2 atom stereocenters. The average Bonchev–Trinajstić information content (AvgIpc) is 2.62. The van der Waals surface area contributed by atoms with Crippen LogP contribution in [0.15, 0.2) is 48.5 Å². The van der Waals surface area contributed by atoms with Crippen molar-refractivity contribution in [3.05, 3.63) is 59.7 Å². The molecule has 124 valence electrons. The minimum atomic E-state index is -0.907. The second-order valence-electron chi connectivity index (χ2n) is 5.74. The van der Waals surface area contributed by atoms with Crippen molar-refractivity contribution in [2.75, 3.05) is 14.2 Å². The molecule has 0 bridgehead atoms. The molecule has 3 heteroatoms.